The van der Waals surface area contributed by atoms with E-state index in [1.54, 1.807) is 0 Å². The molecule has 0 aliphatic carbocycles. The van der Waals surface area contributed by atoms with Crippen LogP contribution in [0.3, 0.4) is 0 Å². The van der Waals surface area contributed by atoms with Crippen molar-refractivity contribution in [3.63, 3.8) is 0 Å². The zero-order valence-corrected chi connectivity index (χ0v) is 32.5. The molecule has 23 heteroatoms. The van der Waals surface area contributed by atoms with E-state index >= 15 is 0 Å². The molecule has 128 valence electrons. The number of hydrogen-bond donors (Lipinski definition) is 0. The molecule has 0 aromatic carbocycles. The third-order valence-electron chi connectivity index (χ3n) is 0. The Labute approximate surface area is 221 Å². The molecule has 0 saturated carbocycles. The number of hydrogen-bond acceptors (Lipinski definition) is 16. The number of rotatable bonds is 0. The summed E-state index contributed by atoms with van der Waals surface area (Å²) in [5.41, 5.74) is 0. The smallest absolute Gasteiger partial charge is 4.00 e. The van der Waals surface area contributed by atoms with Gasteiger partial charge in [0.2, 0.25) is 0 Å². The Bertz CT molecular complexity index is 292. The van der Waals surface area contributed by atoms with Gasteiger partial charge in [0.15, 0.2) is 0 Å². The van der Waals surface area contributed by atoms with Gasteiger partial charge in [-0.15, -0.1) is 0 Å². The molecule has 0 unspecified atom stereocenters. The van der Waals surface area contributed by atoms with Crippen molar-refractivity contribution in [2.24, 2.45) is 0 Å². The van der Waals surface area contributed by atoms with E-state index in [9.17, 15) is 0 Å². The van der Waals surface area contributed by atoms with E-state index in [1.807, 2.05) is 0 Å². The van der Waals surface area contributed by atoms with E-state index in [2.05, 4.69) is 0 Å². The van der Waals surface area contributed by atoms with Crippen LogP contribution in [0.25, 0.3) is 0 Å². The zero-order chi connectivity index (χ0) is 18.0. The summed E-state index contributed by atoms with van der Waals surface area (Å²) in [6.07, 6.45) is 0. The Balaban J connectivity index is -0.0000000284. The summed E-state index contributed by atoms with van der Waals surface area (Å²) in [6.45, 7) is 0. The van der Waals surface area contributed by atoms with E-state index in [4.69, 9.17) is 52.7 Å². The minimum Gasteiger partial charge on any atom is 4.00 e. The van der Waals surface area contributed by atoms with Crippen molar-refractivity contribution < 1.29 is 146 Å². The minimum absolute atomic E-state index is 0. The van der Waals surface area contributed by atoms with Crippen LogP contribution in [0.1, 0.15) is 0 Å². The van der Waals surface area contributed by atoms with Crippen molar-refractivity contribution in [2.75, 3.05) is 0 Å². The molecule has 0 aliphatic heterocycles. The average molecular weight is 1460 g/mol. The Morgan fingerprint density at radius 2 is 0.304 bits per heavy atom. The third-order valence-corrected chi connectivity index (χ3v) is 0. The maximum Gasteiger partial charge on any atom is 4.00 e. The van der Waals surface area contributed by atoms with Crippen molar-refractivity contribution in [2.45, 2.75) is 0 Å². The maximum absolute atomic E-state index is 8.64. The first-order valence-electron chi connectivity index (χ1n) is 2.92. The predicted molar refractivity (Wildman–Crippen MR) is 25.8 cm³/mol. The molecule has 0 radical (unpaired) electrons. The molecule has 0 aliphatic rings. The molecule has 23 heavy (non-hydrogen) atoms. The summed E-state index contributed by atoms with van der Waals surface area (Å²) in [4.78, 5) is 0. The summed E-state index contributed by atoms with van der Waals surface area (Å²) in [5, 5.41) is 0. The molecule has 0 bridgehead atoms. The van der Waals surface area contributed by atoms with Gasteiger partial charge in [0.1, 0.15) is 0 Å². The molecule has 0 aromatic rings. The van der Waals surface area contributed by atoms with E-state index in [-0.39, 0.29) is 93.3 Å². The zero-order valence-electron chi connectivity index (χ0n) is 9.82. The first-order valence-corrected chi connectivity index (χ1v) is 19.6. The van der Waals surface area contributed by atoms with Crippen molar-refractivity contribution in [1.29, 1.82) is 0 Å². The molecular weight excluding hydrogens is 1460 g/mol. The third kappa shape index (κ3) is 648. The van der Waals surface area contributed by atoms with Crippen LogP contribution in [0, 0.1) is 93.3 Å². The monoisotopic (exact) mass is 1450 g/mol. The van der Waals surface area contributed by atoms with Gasteiger partial charge >= 0.3 is 226 Å². The summed E-state index contributed by atoms with van der Waals surface area (Å²) in [7, 11) is 0. The SMILES string of the molecule is [O]=[Sb]([O-])([O-])[O-].[O]=[Sb]([O-])([O-])[O-].[O]=[Sb]([O-])([O-])[O-].[O]=[Sb]([O-])([O-])[O-].[U+4].[U+4].[U+4]. The minimum atomic E-state index is -6.10. The van der Waals surface area contributed by atoms with Gasteiger partial charge in [0.05, 0.1) is 0 Å². The molecule has 0 N–H and O–H groups in total. The van der Waals surface area contributed by atoms with Gasteiger partial charge in [-0.25, -0.2) is 0 Å². The van der Waals surface area contributed by atoms with Gasteiger partial charge in [-0.1, -0.05) is 0 Å². The second-order valence-corrected chi connectivity index (χ2v) is 12.0. The van der Waals surface area contributed by atoms with E-state index in [0.717, 1.165) is 0 Å². The fourth-order valence-corrected chi connectivity index (χ4v) is 0. The second kappa shape index (κ2) is 21.8. The molecule has 0 rings (SSSR count). The Morgan fingerprint density at radius 3 is 0.304 bits per heavy atom. The molecule has 0 atom stereocenters. The summed E-state index contributed by atoms with van der Waals surface area (Å²) in [6, 6.07) is 0. The first-order chi connectivity index (χ1) is 8.00. The van der Waals surface area contributed by atoms with E-state index in [0.29, 0.717) is 0 Å². The van der Waals surface area contributed by atoms with Gasteiger partial charge in [-0.2, -0.15) is 0 Å². The van der Waals surface area contributed by atoms with Gasteiger partial charge in [-0.3, -0.25) is 0 Å². The van der Waals surface area contributed by atoms with E-state index in [1.165, 1.54) is 0 Å². The molecular formula is O16Sb4U3. The van der Waals surface area contributed by atoms with Crippen molar-refractivity contribution in [3.8, 4) is 0 Å². The summed E-state index contributed by atoms with van der Waals surface area (Å²) < 4.78 is 138. The summed E-state index contributed by atoms with van der Waals surface area (Å²) in [5.74, 6) is 0. The molecule has 0 heterocycles. The van der Waals surface area contributed by atoms with Crippen LogP contribution in [0.15, 0.2) is 0 Å². The second-order valence-electron chi connectivity index (χ2n) is 1.79. The van der Waals surface area contributed by atoms with Crippen LogP contribution in [-0.2, 0) is 12.1 Å². The largest absolute Gasteiger partial charge is 4.00 e. The molecule has 0 amide bonds. The molecule has 0 saturated heterocycles. The van der Waals surface area contributed by atoms with Crippen LogP contribution >= 0.6 is 0 Å². The predicted octanol–water partition coefficient (Wildman–Crippen LogP) is -16.3. The maximum atomic E-state index is 8.64. The first kappa shape index (κ1) is 46.4. The topological polar surface area (TPSA) is 345 Å². The molecule has 0 spiro atoms. The fraction of sp³-hybridized carbons (Fsp3) is 0. The van der Waals surface area contributed by atoms with Gasteiger partial charge in [0, 0.05) is 0 Å². The Morgan fingerprint density at radius 1 is 0.304 bits per heavy atom. The fourth-order valence-electron chi connectivity index (χ4n) is 0. The van der Waals surface area contributed by atoms with Gasteiger partial charge in [-0.05, 0) is 0 Å². The Hall–Kier alpha value is 5.15. The Kier molecular flexibility index (Phi) is 44.1. The van der Waals surface area contributed by atoms with Crippen LogP contribution in [0.2, 0.25) is 0 Å². The van der Waals surface area contributed by atoms with Gasteiger partial charge < -0.3 is 0 Å². The standard InChI is InChI=1S/16O.4Sb.3U/q;;;;12*-1;;;;;3*+4. The quantitative estimate of drug-likeness (QED) is 0.203. The van der Waals surface area contributed by atoms with Gasteiger partial charge in [0.25, 0.3) is 0 Å². The molecule has 0 fully saturated rings. The van der Waals surface area contributed by atoms with Crippen LogP contribution < -0.4 is 40.6 Å². The van der Waals surface area contributed by atoms with E-state index < -0.39 is 80.2 Å². The van der Waals surface area contributed by atoms with Crippen molar-refractivity contribution in [1.82, 2.24) is 0 Å². The normalized spacial score (nSPS) is 10.3. The average Bonchev–Trinajstić information content (AvgIpc) is 1.62. The van der Waals surface area contributed by atoms with Crippen molar-refractivity contribution in [3.05, 3.63) is 0 Å². The van der Waals surface area contributed by atoms with Crippen LogP contribution in [0.4, 0.5) is 0 Å². The van der Waals surface area contributed by atoms with Crippen LogP contribution in [-0.4, -0.2) is 80.2 Å². The molecule has 0 aromatic heterocycles. The van der Waals surface area contributed by atoms with Crippen molar-refractivity contribution >= 4 is 80.2 Å². The van der Waals surface area contributed by atoms with Crippen LogP contribution in [0.5, 0.6) is 0 Å². The molecule has 16 nitrogen and oxygen atoms in total. The summed E-state index contributed by atoms with van der Waals surface area (Å²) >= 11 is -24.4.